The number of aryl methyl sites for hydroxylation is 1. The van der Waals surface area contributed by atoms with Crippen molar-refractivity contribution >= 4 is 44.9 Å². The minimum absolute atomic E-state index is 0.00871. The predicted octanol–water partition coefficient (Wildman–Crippen LogP) is 5.89. The number of anilines is 1. The maximum absolute atomic E-state index is 13.0. The van der Waals surface area contributed by atoms with Gasteiger partial charge in [0.1, 0.15) is 10.6 Å². The molecule has 3 aromatic rings. The van der Waals surface area contributed by atoms with Crippen molar-refractivity contribution in [1.82, 2.24) is 4.98 Å². The zero-order valence-corrected chi connectivity index (χ0v) is 21.4. The van der Waals surface area contributed by atoms with E-state index >= 15 is 0 Å². The molecule has 0 saturated carbocycles. The first-order valence-corrected chi connectivity index (χ1v) is 12.6. The fraction of sp³-hybridized carbons (Fsp3) is 0.250. The molecule has 34 heavy (non-hydrogen) atoms. The van der Waals surface area contributed by atoms with E-state index in [1.807, 2.05) is 0 Å². The predicted molar refractivity (Wildman–Crippen MR) is 133 cm³/mol. The van der Waals surface area contributed by atoms with Crippen molar-refractivity contribution in [2.45, 2.75) is 38.2 Å². The summed E-state index contributed by atoms with van der Waals surface area (Å²) in [5, 5.41) is 0.472. The van der Waals surface area contributed by atoms with Crippen molar-refractivity contribution in [2.75, 3.05) is 11.3 Å². The molecule has 0 aliphatic carbocycles. The van der Waals surface area contributed by atoms with Gasteiger partial charge in [-0.25, -0.2) is 13.2 Å². The molecule has 10 heteroatoms. The van der Waals surface area contributed by atoms with Gasteiger partial charge in [0, 0.05) is 23.0 Å². The Bertz CT molecular complexity index is 1310. The van der Waals surface area contributed by atoms with Crippen LogP contribution in [0.2, 0.25) is 10.0 Å². The molecule has 0 atom stereocenters. The second-order valence-corrected chi connectivity index (χ2v) is 10.5. The minimum atomic E-state index is -3.96. The Balaban J connectivity index is 1.96. The topological polar surface area (TPSA) is 94.6 Å². The first-order valence-electron chi connectivity index (χ1n) is 10.3. The maximum Gasteiger partial charge on any atom is 0.349 e. The molecular formula is C24H24Cl2N2O5S. The fourth-order valence-corrected chi connectivity index (χ4v) is 4.86. The van der Waals surface area contributed by atoms with Gasteiger partial charge in [-0.15, -0.1) is 0 Å². The van der Waals surface area contributed by atoms with Crippen LogP contribution < -0.4 is 9.46 Å². The van der Waals surface area contributed by atoms with Crippen LogP contribution in [-0.4, -0.2) is 31.6 Å². The normalized spacial score (nSPS) is 11.7. The molecule has 0 fully saturated rings. The first kappa shape index (κ1) is 25.8. The molecule has 0 saturated heterocycles. The summed E-state index contributed by atoms with van der Waals surface area (Å²) in [6, 6.07) is 11.3. The van der Waals surface area contributed by atoms with Crippen molar-refractivity contribution in [1.29, 1.82) is 0 Å². The van der Waals surface area contributed by atoms with E-state index in [0.29, 0.717) is 27.5 Å². The number of carbonyl (C=O) groups excluding carboxylic acids is 1. The summed E-state index contributed by atoms with van der Waals surface area (Å²) in [5.74, 6) is -0.0501. The van der Waals surface area contributed by atoms with Gasteiger partial charge in [0.05, 0.1) is 17.3 Å². The number of esters is 1. The van der Waals surface area contributed by atoms with Gasteiger partial charge < -0.3 is 9.47 Å². The lowest BCUT2D eigenvalue weighted by atomic mass is 10.0. The molecule has 180 valence electrons. The van der Waals surface area contributed by atoms with Crippen LogP contribution in [0.3, 0.4) is 0 Å². The number of pyridine rings is 1. The quantitative estimate of drug-likeness (QED) is 0.371. The highest BCUT2D eigenvalue weighted by Gasteiger charge is 2.31. The number of sulfonamides is 1. The fourth-order valence-electron chi connectivity index (χ4n) is 3.12. The Morgan fingerprint density at radius 3 is 2.38 bits per heavy atom. The average Bonchev–Trinajstić information content (AvgIpc) is 2.76. The number of rotatable bonds is 8. The molecule has 2 aromatic carbocycles. The molecule has 0 aliphatic rings. The Morgan fingerprint density at radius 1 is 1.09 bits per heavy atom. The third-order valence-electron chi connectivity index (χ3n) is 4.76. The number of nitrogens with one attached hydrogen (secondary N) is 1. The zero-order chi connectivity index (χ0) is 25.1. The van der Waals surface area contributed by atoms with Crippen molar-refractivity contribution in [3.63, 3.8) is 0 Å². The van der Waals surface area contributed by atoms with Gasteiger partial charge in [-0.2, -0.15) is 0 Å². The van der Waals surface area contributed by atoms with E-state index in [2.05, 4.69) is 9.71 Å². The van der Waals surface area contributed by atoms with Crippen LogP contribution in [0.15, 0.2) is 59.8 Å². The highest BCUT2D eigenvalue weighted by Crippen LogP contribution is 2.39. The molecule has 0 spiro atoms. The number of carbonyl (C=O) groups is 1. The summed E-state index contributed by atoms with van der Waals surface area (Å²) in [6.07, 6.45) is 2.82. The number of hydrogen-bond donors (Lipinski definition) is 1. The summed E-state index contributed by atoms with van der Waals surface area (Å²) >= 11 is 12.6. The highest BCUT2D eigenvalue weighted by atomic mass is 35.5. The number of benzene rings is 2. The zero-order valence-electron chi connectivity index (χ0n) is 19.1. The number of ether oxygens (including phenoxy) is 2. The third kappa shape index (κ3) is 6.00. The summed E-state index contributed by atoms with van der Waals surface area (Å²) < 4.78 is 39.4. The van der Waals surface area contributed by atoms with Crippen molar-refractivity contribution in [3.8, 4) is 16.9 Å². The second kappa shape index (κ2) is 10.2. The Morgan fingerprint density at radius 2 is 1.76 bits per heavy atom. The van der Waals surface area contributed by atoms with E-state index in [0.717, 1.165) is 0 Å². The van der Waals surface area contributed by atoms with Crippen LogP contribution in [0, 0.1) is 6.92 Å². The molecule has 0 aliphatic heterocycles. The Hall–Kier alpha value is -2.81. The van der Waals surface area contributed by atoms with Crippen molar-refractivity contribution < 1.29 is 22.7 Å². The van der Waals surface area contributed by atoms with E-state index in [4.69, 9.17) is 32.7 Å². The number of hydrogen-bond acceptors (Lipinski definition) is 6. The van der Waals surface area contributed by atoms with E-state index in [-0.39, 0.29) is 22.2 Å². The van der Waals surface area contributed by atoms with E-state index in [1.54, 1.807) is 64.2 Å². The van der Waals surface area contributed by atoms with Crippen LogP contribution in [-0.2, 0) is 19.6 Å². The van der Waals surface area contributed by atoms with E-state index in [9.17, 15) is 13.2 Å². The van der Waals surface area contributed by atoms with Crippen molar-refractivity contribution in [2.24, 2.45) is 0 Å². The van der Waals surface area contributed by atoms with Gasteiger partial charge in [-0.1, -0.05) is 35.3 Å². The Kier molecular flexibility index (Phi) is 7.75. The largest absolute Gasteiger partial charge is 0.476 e. The second-order valence-electron chi connectivity index (χ2n) is 7.97. The number of aromatic nitrogens is 1. The molecule has 1 heterocycles. The molecule has 1 aromatic heterocycles. The molecule has 7 nitrogen and oxygen atoms in total. The lowest BCUT2D eigenvalue weighted by molar-refractivity contribution is -0.158. The molecule has 1 N–H and O–H groups in total. The highest BCUT2D eigenvalue weighted by molar-refractivity contribution is 7.92. The molecular weight excluding hydrogens is 499 g/mol. The van der Waals surface area contributed by atoms with Gasteiger partial charge in [-0.3, -0.25) is 9.71 Å². The molecule has 0 amide bonds. The van der Waals surface area contributed by atoms with Crippen LogP contribution in [0.4, 0.5) is 5.69 Å². The van der Waals surface area contributed by atoms with Gasteiger partial charge >= 0.3 is 5.97 Å². The SMILES string of the molecule is CCOC(=O)C(C)(C)Oc1ccc(-c2cc(Cl)cc(Cl)c2NS(=O)(=O)c2cncc(C)c2)cc1. The van der Waals surface area contributed by atoms with Gasteiger partial charge in [-0.05, 0) is 69.2 Å². The third-order valence-corrected chi connectivity index (χ3v) is 6.59. The summed E-state index contributed by atoms with van der Waals surface area (Å²) in [5.41, 5.74) is 0.794. The smallest absolute Gasteiger partial charge is 0.349 e. The van der Waals surface area contributed by atoms with E-state index in [1.165, 1.54) is 18.3 Å². The average molecular weight is 523 g/mol. The lowest BCUT2D eigenvalue weighted by Crippen LogP contribution is -2.39. The molecule has 0 radical (unpaired) electrons. The monoisotopic (exact) mass is 522 g/mol. The maximum atomic E-state index is 13.0. The molecule has 0 unspecified atom stereocenters. The van der Waals surface area contributed by atoms with Crippen molar-refractivity contribution in [3.05, 3.63) is 70.5 Å². The minimum Gasteiger partial charge on any atom is -0.476 e. The summed E-state index contributed by atoms with van der Waals surface area (Å²) in [4.78, 5) is 16.1. The summed E-state index contributed by atoms with van der Waals surface area (Å²) in [7, 11) is -3.96. The molecule has 0 bridgehead atoms. The first-order chi connectivity index (χ1) is 15.9. The number of nitrogens with zero attached hydrogens (tertiary/aromatic N) is 1. The van der Waals surface area contributed by atoms with Gasteiger partial charge in [0.2, 0.25) is 0 Å². The van der Waals surface area contributed by atoms with Gasteiger partial charge in [0.25, 0.3) is 10.0 Å². The number of halogens is 2. The van der Waals surface area contributed by atoms with Crippen LogP contribution in [0.25, 0.3) is 11.1 Å². The van der Waals surface area contributed by atoms with Gasteiger partial charge in [0.15, 0.2) is 5.60 Å². The lowest BCUT2D eigenvalue weighted by Gasteiger charge is -2.24. The van der Waals surface area contributed by atoms with Crippen LogP contribution in [0.5, 0.6) is 5.75 Å². The van der Waals surface area contributed by atoms with E-state index < -0.39 is 21.6 Å². The summed E-state index contributed by atoms with van der Waals surface area (Å²) in [6.45, 7) is 6.95. The van der Waals surface area contributed by atoms with Crippen LogP contribution in [0.1, 0.15) is 26.3 Å². The van der Waals surface area contributed by atoms with Crippen LogP contribution >= 0.6 is 23.2 Å². The molecule has 3 rings (SSSR count). The standard InChI is InChI=1S/C24H24Cl2N2O5S/c1-5-32-23(29)24(3,4)33-18-8-6-16(7-9-18)20-11-17(25)12-21(26)22(20)28-34(30,31)19-10-15(2)13-27-14-19/h6-14,28H,5H2,1-4H3. The Labute approximate surface area is 209 Å².